The van der Waals surface area contributed by atoms with E-state index in [1.807, 2.05) is 30.3 Å². The fourth-order valence-corrected chi connectivity index (χ4v) is 6.50. The number of nitrogens with zero attached hydrogens (tertiary/aromatic N) is 2. The fraction of sp³-hybridized carbons (Fsp3) is 0.381. The van der Waals surface area contributed by atoms with Crippen LogP contribution in [0.5, 0.6) is 10.9 Å². The van der Waals surface area contributed by atoms with E-state index in [1.165, 1.54) is 23.2 Å². The van der Waals surface area contributed by atoms with Crippen molar-refractivity contribution in [1.29, 1.82) is 0 Å². The average molecular weight is 465 g/mol. The number of hydrogen-bond donors (Lipinski definition) is 0. The molecule has 3 aromatic rings. The van der Waals surface area contributed by atoms with E-state index in [0.717, 1.165) is 35.4 Å². The molecule has 30 heavy (non-hydrogen) atoms. The minimum Gasteiger partial charge on any atom is -0.397 e. The van der Waals surface area contributed by atoms with Crippen LogP contribution >= 0.6 is 22.9 Å². The van der Waals surface area contributed by atoms with Crippen LogP contribution in [0.25, 0.3) is 10.2 Å². The Morgan fingerprint density at radius 3 is 2.47 bits per heavy atom. The first kappa shape index (κ1) is 20.2. The highest BCUT2D eigenvalue weighted by molar-refractivity contribution is 7.88. The Hall–Kier alpha value is -1.71. The van der Waals surface area contributed by atoms with Crippen molar-refractivity contribution in [3.05, 3.63) is 53.1 Å². The standard InChI is InChI=1S/C21H22ClN3O3S2/c1-30(26,27)24-12-15-7-8-16(13-24)25(15)11-14-5-9-17(10-6-14)28-21-23-19-4-2-3-18(22)20(19)29-21/h2-6,9-10,15-16H,7-8,11-13H2,1H3/p+1. The van der Waals surface area contributed by atoms with Crippen LogP contribution in [-0.4, -0.2) is 49.1 Å². The zero-order chi connectivity index (χ0) is 20.9. The van der Waals surface area contributed by atoms with E-state index in [1.54, 1.807) is 4.31 Å². The smallest absolute Gasteiger partial charge is 0.397 e. The summed E-state index contributed by atoms with van der Waals surface area (Å²) in [6.45, 7) is 2.03. The third kappa shape index (κ3) is 3.94. The summed E-state index contributed by atoms with van der Waals surface area (Å²) in [5.74, 6) is 0.766. The Morgan fingerprint density at radius 2 is 1.83 bits per heavy atom. The van der Waals surface area contributed by atoms with Gasteiger partial charge in [-0.2, -0.15) is 9.29 Å². The molecule has 2 aliphatic rings. The summed E-state index contributed by atoms with van der Waals surface area (Å²) < 4.78 is 32.4. The van der Waals surface area contributed by atoms with Crippen LogP contribution in [0.1, 0.15) is 18.4 Å². The lowest BCUT2D eigenvalue weighted by molar-refractivity contribution is -0.352. The Bertz CT molecular complexity index is 1170. The number of benzene rings is 2. The highest BCUT2D eigenvalue weighted by Gasteiger charge is 2.42. The van der Waals surface area contributed by atoms with Gasteiger partial charge in [0.1, 0.15) is 10.4 Å². The molecule has 1 aromatic heterocycles. The molecule has 2 bridgehead atoms. The van der Waals surface area contributed by atoms with E-state index in [2.05, 4.69) is 22.0 Å². The number of thiazole rings is 1. The Kier molecular flexibility index (Phi) is 5.23. The molecule has 6 nitrogen and oxygen atoms in total. The van der Waals surface area contributed by atoms with Crippen LogP contribution in [-0.2, 0) is 16.6 Å². The van der Waals surface area contributed by atoms with Crippen LogP contribution in [0.15, 0.2) is 42.5 Å². The number of aromatic nitrogens is 1. The summed E-state index contributed by atoms with van der Waals surface area (Å²) in [7, 11) is -3.12. The van der Waals surface area contributed by atoms with Crippen LogP contribution in [0.3, 0.4) is 0 Å². The van der Waals surface area contributed by atoms with Gasteiger partial charge in [0.05, 0.1) is 11.3 Å². The Labute approximate surface area is 185 Å². The molecule has 0 radical (unpaired) electrons. The van der Waals surface area contributed by atoms with Gasteiger partial charge in [0.15, 0.2) is 0 Å². The van der Waals surface area contributed by atoms with E-state index in [4.69, 9.17) is 16.3 Å². The maximum atomic E-state index is 11.9. The lowest BCUT2D eigenvalue weighted by Gasteiger charge is -2.39. The molecule has 2 unspecified atom stereocenters. The summed E-state index contributed by atoms with van der Waals surface area (Å²) in [6.07, 6.45) is 3.42. The topological polar surface area (TPSA) is 64.0 Å². The molecule has 2 fully saturated rings. The molecule has 2 aromatic carbocycles. The van der Waals surface area contributed by atoms with E-state index in [0.29, 0.717) is 35.4 Å². The molecule has 9 heteroatoms. The maximum Gasteiger partial charge on any atom is 0.435 e. The first-order valence-corrected chi connectivity index (χ1v) is 13.0. The monoisotopic (exact) mass is 464 g/mol. The molecule has 2 aliphatic heterocycles. The molecule has 2 atom stereocenters. The van der Waals surface area contributed by atoms with Crippen LogP contribution < -0.4 is 9.72 Å². The Balaban J connectivity index is 1.26. The maximum absolute atomic E-state index is 11.9. The van der Waals surface area contributed by atoms with Gasteiger partial charge in [-0.25, -0.2) is 8.42 Å². The summed E-state index contributed by atoms with van der Waals surface area (Å²) in [6, 6.07) is 14.5. The van der Waals surface area contributed by atoms with E-state index in [9.17, 15) is 8.42 Å². The minimum atomic E-state index is -3.12. The summed E-state index contributed by atoms with van der Waals surface area (Å²) >= 11 is 7.73. The van der Waals surface area contributed by atoms with Crippen molar-refractivity contribution < 1.29 is 18.1 Å². The summed E-state index contributed by atoms with van der Waals surface area (Å²) in [5.41, 5.74) is 2.17. The zero-order valence-corrected chi connectivity index (χ0v) is 18.9. The van der Waals surface area contributed by atoms with E-state index < -0.39 is 10.0 Å². The minimum absolute atomic E-state index is 0.298. The molecule has 0 amide bonds. The van der Waals surface area contributed by atoms with E-state index >= 15 is 0 Å². The van der Waals surface area contributed by atoms with Crippen molar-refractivity contribution >= 4 is 43.2 Å². The molecular weight excluding hydrogens is 442 g/mol. The predicted octanol–water partition coefficient (Wildman–Crippen LogP) is 3.77. The second-order valence-electron chi connectivity index (χ2n) is 8.01. The SMILES string of the molecule is CS(=O)(=O)N1CC2CCC(C1)N2Cc1ccc(Oc2[nH+]c3cccc(Cl)c3s2)cc1. The second-order valence-corrected chi connectivity index (χ2v) is 11.4. The lowest BCUT2D eigenvalue weighted by Crippen LogP contribution is -2.54. The molecule has 3 heterocycles. The number of piperazine rings is 1. The van der Waals surface area contributed by atoms with Crippen molar-refractivity contribution in [2.24, 2.45) is 0 Å². The number of sulfonamides is 1. The van der Waals surface area contributed by atoms with E-state index in [-0.39, 0.29) is 0 Å². The van der Waals surface area contributed by atoms with Gasteiger partial charge in [-0.1, -0.05) is 29.8 Å². The Morgan fingerprint density at radius 1 is 1.13 bits per heavy atom. The van der Waals surface area contributed by atoms with Gasteiger partial charge in [0.2, 0.25) is 15.5 Å². The highest BCUT2D eigenvalue weighted by Crippen LogP contribution is 2.34. The van der Waals surface area contributed by atoms with Gasteiger partial charge in [-0.15, -0.1) is 0 Å². The van der Waals surface area contributed by atoms with Crippen molar-refractivity contribution in [1.82, 2.24) is 9.21 Å². The molecule has 1 N–H and O–H groups in total. The average Bonchev–Trinajstić information content (AvgIpc) is 3.19. The molecule has 0 saturated carbocycles. The van der Waals surface area contributed by atoms with Crippen LogP contribution in [0.2, 0.25) is 5.02 Å². The molecular formula is C21H23ClN3O3S2+. The number of aromatic amines is 1. The van der Waals surface area contributed by atoms with Gasteiger partial charge >= 0.3 is 5.19 Å². The molecule has 158 valence electrons. The second kappa shape index (κ2) is 7.76. The summed E-state index contributed by atoms with van der Waals surface area (Å²) in [5, 5.41) is 1.41. The number of H-pyrrole nitrogens is 1. The van der Waals surface area contributed by atoms with Gasteiger partial charge in [-0.05, 0) is 47.9 Å². The predicted molar refractivity (Wildman–Crippen MR) is 119 cm³/mol. The summed E-state index contributed by atoms with van der Waals surface area (Å²) in [4.78, 5) is 5.71. The number of halogens is 1. The molecule has 0 spiro atoms. The molecule has 0 aliphatic carbocycles. The third-order valence-electron chi connectivity index (χ3n) is 5.97. The van der Waals surface area contributed by atoms with Crippen molar-refractivity contribution in [2.45, 2.75) is 31.5 Å². The number of rotatable bonds is 5. The van der Waals surface area contributed by atoms with Gasteiger partial charge in [-0.3, -0.25) is 4.90 Å². The van der Waals surface area contributed by atoms with Crippen LogP contribution in [0.4, 0.5) is 0 Å². The van der Waals surface area contributed by atoms with Gasteiger partial charge < -0.3 is 4.74 Å². The first-order chi connectivity index (χ1) is 14.4. The van der Waals surface area contributed by atoms with Gasteiger partial charge in [0, 0.05) is 37.8 Å². The fourth-order valence-electron chi connectivity index (χ4n) is 4.45. The highest BCUT2D eigenvalue weighted by atomic mass is 35.5. The van der Waals surface area contributed by atoms with Crippen molar-refractivity contribution in [2.75, 3.05) is 19.3 Å². The lowest BCUT2D eigenvalue weighted by atomic mass is 10.1. The largest absolute Gasteiger partial charge is 0.435 e. The van der Waals surface area contributed by atoms with Gasteiger partial charge in [0.25, 0.3) is 0 Å². The number of fused-ring (bicyclic) bond motifs is 3. The number of ether oxygens (including phenoxy) is 1. The van der Waals surface area contributed by atoms with Crippen molar-refractivity contribution in [3.8, 4) is 10.9 Å². The molecule has 5 rings (SSSR count). The van der Waals surface area contributed by atoms with Crippen LogP contribution in [0, 0.1) is 0 Å². The van der Waals surface area contributed by atoms with Crippen molar-refractivity contribution in [3.63, 3.8) is 0 Å². The third-order valence-corrected chi connectivity index (χ3v) is 8.64. The molecule has 2 saturated heterocycles. The first-order valence-electron chi connectivity index (χ1n) is 9.95. The number of nitrogens with one attached hydrogen (secondary N) is 1. The zero-order valence-electron chi connectivity index (χ0n) is 16.5. The normalized spacial score (nSPS) is 22.6. The quantitative estimate of drug-likeness (QED) is 0.576. The number of hydrogen-bond acceptors (Lipinski definition) is 5.